The first-order chi connectivity index (χ1) is 7.21. The highest BCUT2D eigenvalue weighted by Crippen LogP contribution is 2.43. The van der Waals surface area contributed by atoms with Gasteiger partial charge < -0.3 is 5.32 Å². The van der Waals surface area contributed by atoms with Crippen LogP contribution in [0.3, 0.4) is 0 Å². The first-order valence-electron chi connectivity index (χ1n) is 5.05. The second-order valence-corrected chi connectivity index (χ2v) is 4.06. The SMILES string of the molecule is FC(F)(F)C(CC1CCNCC1)C(F)(F)F. The molecule has 0 atom stereocenters. The summed E-state index contributed by atoms with van der Waals surface area (Å²) < 4.78 is 73.4. The standard InChI is InChI=1S/C9H13F6N/c10-8(11,12)7(9(13,14)15)5-6-1-3-16-4-2-6/h6-7,16H,1-5H2. The van der Waals surface area contributed by atoms with Crippen LogP contribution in [-0.4, -0.2) is 25.4 Å². The highest BCUT2D eigenvalue weighted by Gasteiger charge is 2.56. The normalized spacial score (nSPS) is 20.4. The first-order valence-corrected chi connectivity index (χ1v) is 5.05. The van der Waals surface area contributed by atoms with Gasteiger partial charge >= 0.3 is 12.4 Å². The molecule has 0 spiro atoms. The minimum absolute atomic E-state index is 0.378. The van der Waals surface area contributed by atoms with Crippen molar-refractivity contribution >= 4 is 0 Å². The van der Waals surface area contributed by atoms with Crippen molar-refractivity contribution in [3.63, 3.8) is 0 Å². The number of hydrogen-bond acceptors (Lipinski definition) is 1. The lowest BCUT2D eigenvalue weighted by Crippen LogP contribution is -2.39. The molecule has 96 valence electrons. The second-order valence-electron chi connectivity index (χ2n) is 4.06. The fourth-order valence-corrected chi connectivity index (χ4v) is 1.90. The number of alkyl halides is 6. The smallest absolute Gasteiger partial charge is 0.317 e. The van der Waals surface area contributed by atoms with E-state index in [1.165, 1.54) is 0 Å². The number of rotatable bonds is 2. The van der Waals surface area contributed by atoms with Crippen molar-refractivity contribution in [3.05, 3.63) is 0 Å². The van der Waals surface area contributed by atoms with Crippen molar-refractivity contribution in [2.75, 3.05) is 13.1 Å². The topological polar surface area (TPSA) is 12.0 Å². The molecule has 0 radical (unpaired) electrons. The largest absolute Gasteiger partial charge is 0.400 e. The van der Waals surface area contributed by atoms with Crippen molar-refractivity contribution in [2.45, 2.75) is 31.6 Å². The Hall–Kier alpha value is -0.460. The van der Waals surface area contributed by atoms with E-state index in [9.17, 15) is 26.3 Å². The van der Waals surface area contributed by atoms with Gasteiger partial charge in [-0.3, -0.25) is 0 Å². The van der Waals surface area contributed by atoms with Crippen LogP contribution < -0.4 is 5.32 Å². The van der Waals surface area contributed by atoms with Crippen LogP contribution in [0.15, 0.2) is 0 Å². The molecule has 1 N–H and O–H groups in total. The Morgan fingerprint density at radius 2 is 1.38 bits per heavy atom. The van der Waals surface area contributed by atoms with E-state index in [4.69, 9.17) is 0 Å². The van der Waals surface area contributed by atoms with Gasteiger partial charge in [0.25, 0.3) is 0 Å². The predicted octanol–water partition coefficient (Wildman–Crippen LogP) is 3.12. The molecule has 1 rings (SSSR count). The molecule has 7 heteroatoms. The molecule has 0 unspecified atom stereocenters. The van der Waals surface area contributed by atoms with E-state index in [-0.39, 0.29) is 0 Å². The maximum Gasteiger partial charge on any atom is 0.400 e. The zero-order valence-electron chi connectivity index (χ0n) is 8.46. The molecule has 1 fully saturated rings. The van der Waals surface area contributed by atoms with E-state index in [1.54, 1.807) is 0 Å². The summed E-state index contributed by atoms with van der Waals surface area (Å²) in [6.07, 6.45) is -10.5. The summed E-state index contributed by atoms with van der Waals surface area (Å²) in [5.41, 5.74) is 0. The van der Waals surface area contributed by atoms with Crippen molar-refractivity contribution in [1.29, 1.82) is 0 Å². The van der Waals surface area contributed by atoms with Crippen LogP contribution in [0.4, 0.5) is 26.3 Å². The van der Waals surface area contributed by atoms with Gasteiger partial charge in [-0.15, -0.1) is 0 Å². The Kier molecular flexibility index (Phi) is 4.09. The van der Waals surface area contributed by atoms with Gasteiger partial charge in [-0.05, 0) is 38.3 Å². The summed E-state index contributed by atoms with van der Waals surface area (Å²) in [4.78, 5) is 0. The molecule has 0 bridgehead atoms. The van der Waals surface area contributed by atoms with Gasteiger partial charge in [0, 0.05) is 0 Å². The molecule has 1 aliphatic rings. The van der Waals surface area contributed by atoms with Crippen LogP contribution in [0.25, 0.3) is 0 Å². The van der Waals surface area contributed by atoms with E-state index in [1.807, 2.05) is 0 Å². The predicted molar refractivity (Wildman–Crippen MR) is 45.8 cm³/mol. The maximum absolute atomic E-state index is 12.2. The Morgan fingerprint density at radius 3 is 1.75 bits per heavy atom. The Bertz CT molecular complexity index is 201. The molecule has 0 aromatic heterocycles. The molecule has 16 heavy (non-hydrogen) atoms. The lowest BCUT2D eigenvalue weighted by molar-refractivity contribution is -0.288. The third kappa shape index (κ3) is 3.84. The van der Waals surface area contributed by atoms with Crippen LogP contribution in [-0.2, 0) is 0 Å². The molecule has 1 aliphatic heterocycles. The monoisotopic (exact) mass is 249 g/mol. The lowest BCUT2D eigenvalue weighted by Gasteiger charge is -2.29. The zero-order valence-corrected chi connectivity index (χ0v) is 8.46. The van der Waals surface area contributed by atoms with E-state index in [0.29, 0.717) is 25.9 Å². The minimum Gasteiger partial charge on any atom is -0.317 e. The van der Waals surface area contributed by atoms with Gasteiger partial charge in [0.15, 0.2) is 5.92 Å². The summed E-state index contributed by atoms with van der Waals surface area (Å²) >= 11 is 0. The van der Waals surface area contributed by atoms with Crippen molar-refractivity contribution in [1.82, 2.24) is 5.32 Å². The highest BCUT2D eigenvalue weighted by atomic mass is 19.4. The molecule has 1 nitrogen and oxygen atoms in total. The summed E-state index contributed by atoms with van der Waals surface area (Å²) in [6, 6.07) is 0. The van der Waals surface area contributed by atoms with Gasteiger partial charge in [0.2, 0.25) is 0 Å². The summed E-state index contributed by atoms with van der Waals surface area (Å²) in [5, 5.41) is 2.90. The molecule has 0 aromatic carbocycles. The molecule has 1 heterocycles. The maximum atomic E-state index is 12.2. The Morgan fingerprint density at radius 1 is 0.938 bits per heavy atom. The van der Waals surface area contributed by atoms with Gasteiger partial charge in [0.05, 0.1) is 0 Å². The highest BCUT2D eigenvalue weighted by molar-refractivity contribution is 4.80. The van der Waals surface area contributed by atoms with E-state index in [0.717, 1.165) is 0 Å². The molecule has 0 aromatic rings. The van der Waals surface area contributed by atoms with Crippen LogP contribution in [0.2, 0.25) is 0 Å². The van der Waals surface area contributed by atoms with Gasteiger partial charge in [-0.2, -0.15) is 26.3 Å². The summed E-state index contributed by atoms with van der Waals surface area (Å²) in [7, 11) is 0. The number of nitrogens with one attached hydrogen (secondary N) is 1. The Labute approximate surface area is 89.2 Å². The number of halogens is 6. The minimum atomic E-state index is -5.19. The van der Waals surface area contributed by atoms with Crippen molar-refractivity contribution in [3.8, 4) is 0 Å². The molecular weight excluding hydrogens is 236 g/mol. The van der Waals surface area contributed by atoms with E-state index < -0.39 is 30.6 Å². The molecule has 0 aliphatic carbocycles. The van der Waals surface area contributed by atoms with E-state index in [2.05, 4.69) is 5.32 Å². The van der Waals surface area contributed by atoms with Crippen LogP contribution >= 0.6 is 0 Å². The summed E-state index contributed by atoms with van der Waals surface area (Å²) in [5.74, 6) is -3.67. The van der Waals surface area contributed by atoms with E-state index >= 15 is 0 Å². The van der Waals surface area contributed by atoms with Crippen LogP contribution in [0.1, 0.15) is 19.3 Å². The third-order valence-electron chi connectivity index (χ3n) is 2.82. The molecule has 0 saturated carbocycles. The number of hydrogen-bond donors (Lipinski definition) is 1. The van der Waals surface area contributed by atoms with Gasteiger partial charge in [0.1, 0.15) is 0 Å². The van der Waals surface area contributed by atoms with Crippen LogP contribution in [0, 0.1) is 11.8 Å². The fourth-order valence-electron chi connectivity index (χ4n) is 1.90. The lowest BCUT2D eigenvalue weighted by atomic mass is 9.87. The van der Waals surface area contributed by atoms with Gasteiger partial charge in [-0.1, -0.05) is 0 Å². The first kappa shape index (κ1) is 13.6. The number of piperidine rings is 1. The third-order valence-corrected chi connectivity index (χ3v) is 2.82. The van der Waals surface area contributed by atoms with Gasteiger partial charge in [-0.25, -0.2) is 0 Å². The van der Waals surface area contributed by atoms with Crippen LogP contribution in [0.5, 0.6) is 0 Å². The average Bonchev–Trinajstić information content (AvgIpc) is 2.12. The fraction of sp³-hybridized carbons (Fsp3) is 1.00. The second kappa shape index (κ2) is 4.81. The summed E-state index contributed by atoms with van der Waals surface area (Å²) in [6.45, 7) is 0.986. The Balaban J connectivity index is 2.63. The quantitative estimate of drug-likeness (QED) is 0.741. The van der Waals surface area contributed by atoms with Crippen molar-refractivity contribution in [2.24, 2.45) is 11.8 Å². The average molecular weight is 249 g/mol. The van der Waals surface area contributed by atoms with Crippen molar-refractivity contribution < 1.29 is 26.3 Å². The molecule has 0 amide bonds. The molecular formula is C9H13F6N. The molecule has 1 saturated heterocycles. The zero-order chi connectivity index (χ0) is 12.4.